The molecule has 1 aliphatic rings. The van der Waals surface area contributed by atoms with Gasteiger partial charge in [-0.25, -0.2) is 4.98 Å². The zero-order chi connectivity index (χ0) is 16.2. The van der Waals surface area contributed by atoms with Gasteiger partial charge >= 0.3 is 0 Å². The number of piperidine rings is 1. The van der Waals surface area contributed by atoms with Crippen molar-refractivity contribution in [3.8, 4) is 10.7 Å². The summed E-state index contributed by atoms with van der Waals surface area (Å²) >= 11 is 1.53. The minimum Gasteiger partial charge on any atom is -0.338 e. The first-order valence-corrected chi connectivity index (χ1v) is 8.90. The summed E-state index contributed by atoms with van der Waals surface area (Å²) in [5.74, 6) is 0.771. The summed E-state index contributed by atoms with van der Waals surface area (Å²) in [5, 5.41) is 2.81. The third-order valence-electron chi connectivity index (χ3n) is 4.34. The van der Waals surface area contributed by atoms with Crippen LogP contribution in [-0.2, 0) is 11.2 Å². The summed E-state index contributed by atoms with van der Waals surface area (Å²) in [6.07, 6.45) is 4.15. The molecule has 2 atom stereocenters. The van der Waals surface area contributed by atoms with Gasteiger partial charge in [0.05, 0.1) is 17.8 Å². The maximum Gasteiger partial charge on any atom is 0.228 e. The molecule has 2 aromatic heterocycles. The fourth-order valence-electron chi connectivity index (χ4n) is 3.05. The molecule has 0 radical (unpaired) electrons. The standard InChI is InChI=1S/C17H22N4OS.2ClH/c1-12-5-7-21(14(8-12)10-18)16(22)9-13-11-23-17(20-13)15-4-2-3-6-19-15;;/h2-4,6,11-12,14H,5,7-10,18H2,1H3;2*1H. The van der Waals surface area contributed by atoms with Crippen LogP contribution in [0.15, 0.2) is 29.8 Å². The number of hydrogen-bond donors (Lipinski definition) is 1. The van der Waals surface area contributed by atoms with Crippen LogP contribution >= 0.6 is 36.2 Å². The normalized spacial score (nSPS) is 19.7. The Morgan fingerprint density at radius 3 is 2.88 bits per heavy atom. The maximum absolute atomic E-state index is 12.6. The highest BCUT2D eigenvalue weighted by atomic mass is 35.5. The Morgan fingerprint density at radius 1 is 1.40 bits per heavy atom. The average molecular weight is 403 g/mol. The summed E-state index contributed by atoms with van der Waals surface area (Å²) in [6.45, 7) is 3.56. The van der Waals surface area contributed by atoms with E-state index in [2.05, 4.69) is 16.9 Å². The van der Waals surface area contributed by atoms with E-state index in [1.807, 2.05) is 28.5 Å². The molecule has 0 saturated carbocycles. The fraction of sp³-hybridized carbons (Fsp3) is 0.471. The molecule has 1 amide bonds. The van der Waals surface area contributed by atoms with Crippen LogP contribution in [0.4, 0.5) is 0 Å². The number of thiazole rings is 1. The van der Waals surface area contributed by atoms with Gasteiger partial charge in [0.15, 0.2) is 0 Å². The zero-order valence-corrected chi connectivity index (χ0v) is 16.6. The minimum atomic E-state index is 0. The molecule has 5 nitrogen and oxygen atoms in total. The molecule has 0 spiro atoms. The fourth-order valence-corrected chi connectivity index (χ4v) is 3.85. The van der Waals surface area contributed by atoms with Crippen LogP contribution in [0.5, 0.6) is 0 Å². The molecule has 0 aliphatic carbocycles. The van der Waals surface area contributed by atoms with Crippen molar-refractivity contribution in [2.75, 3.05) is 13.1 Å². The number of carbonyl (C=O) groups is 1. The number of aromatic nitrogens is 2. The number of pyridine rings is 1. The molecular weight excluding hydrogens is 379 g/mol. The van der Waals surface area contributed by atoms with E-state index < -0.39 is 0 Å². The molecule has 8 heteroatoms. The zero-order valence-electron chi connectivity index (χ0n) is 14.1. The van der Waals surface area contributed by atoms with Crippen LogP contribution in [0.2, 0.25) is 0 Å². The van der Waals surface area contributed by atoms with Gasteiger partial charge in [-0.3, -0.25) is 9.78 Å². The summed E-state index contributed by atoms with van der Waals surface area (Å²) in [7, 11) is 0. The van der Waals surface area contributed by atoms with Gasteiger partial charge in [-0.05, 0) is 30.9 Å². The molecule has 138 valence electrons. The number of carbonyl (C=O) groups excluding carboxylic acids is 1. The van der Waals surface area contributed by atoms with E-state index in [1.54, 1.807) is 6.20 Å². The van der Waals surface area contributed by atoms with Gasteiger partial charge in [-0.2, -0.15) is 0 Å². The lowest BCUT2D eigenvalue weighted by molar-refractivity contribution is -0.134. The highest BCUT2D eigenvalue weighted by Gasteiger charge is 2.29. The molecule has 3 heterocycles. The molecule has 1 saturated heterocycles. The molecule has 2 N–H and O–H groups in total. The average Bonchev–Trinajstić information content (AvgIpc) is 3.04. The Morgan fingerprint density at radius 2 is 2.20 bits per heavy atom. The SMILES string of the molecule is CC1CCN(C(=O)Cc2csc(-c3ccccn3)n2)C(CN)C1.Cl.Cl. The number of hydrogen-bond acceptors (Lipinski definition) is 5. The van der Waals surface area contributed by atoms with Gasteiger partial charge in [0.2, 0.25) is 5.91 Å². The monoisotopic (exact) mass is 402 g/mol. The van der Waals surface area contributed by atoms with Gasteiger partial charge in [0.1, 0.15) is 5.01 Å². The number of rotatable bonds is 4. The minimum absolute atomic E-state index is 0. The van der Waals surface area contributed by atoms with Crippen molar-refractivity contribution in [3.05, 3.63) is 35.5 Å². The van der Waals surface area contributed by atoms with Crippen LogP contribution in [-0.4, -0.2) is 39.9 Å². The van der Waals surface area contributed by atoms with E-state index in [4.69, 9.17) is 5.73 Å². The highest BCUT2D eigenvalue weighted by molar-refractivity contribution is 7.13. The van der Waals surface area contributed by atoms with E-state index >= 15 is 0 Å². The largest absolute Gasteiger partial charge is 0.338 e. The Labute approximate surface area is 164 Å². The van der Waals surface area contributed by atoms with Crippen molar-refractivity contribution in [2.24, 2.45) is 11.7 Å². The molecule has 0 bridgehead atoms. The Hall–Kier alpha value is -1.21. The van der Waals surface area contributed by atoms with Crippen molar-refractivity contribution in [3.63, 3.8) is 0 Å². The number of halogens is 2. The van der Waals surface area contributed by atoms with Crippen LogP contribution in [0.25, 0.3) is 10.7 Å². The Balaban J connectivity index is 0.00000156. The second-order valence-corrected chi connectivity index (χ2v) is 7.00. The first-order chi connectivity index (χ1) is 11.2. The van der Waals surface area contributed by atoms with E-state index in [9.17, 15) is 4.79 Å². The summed E-state index contributed by atoms with van der Waals surface area (Å²) in [6, 6.07) is 5.92. The molecule has 2 aromatic rings. The number of amides is 1. The van der Waals surface area contributed by atoms with E-state index in [0.717, 1.165) is 35.8 Å². The lowest BCUT2D eigenvalue weighted by atomic mass is 9.92. The Kier molecular flexibility index (Phi) is 8.79. The summed E-state index contributed by atoms with van der Waals surface area (Å²) in [5.41, 5.74) is 7.52. The van der Waals surface area contributed by atoms with Crippen LogP contribution in [0, 0.1) is 5.92 Å². The molecule has 2 unspecified atom stereocenters. The van der Waals surface area contributed by atoms with E-state index in [-0.39, 0.29) is 36.8 Å². The first-order valence-electron chi connectivity index (χ1n) is 8.02. The van der Waals surface area contributed by atoms with E-state index in [1.165, 1.54) is 11.3 Å². The van der Waals surface area contributed by atoms with Crippen molar-refractivity contribution in [2.45, 2.75) is 32.2 Å². The van der Waals surface area contributed by atoms with Crippen molar-refractivity contribution < 1.29 is 4.79 Å². The smallest absolute Gasteiger partial charge is 0.228 e. The van der Waals surface area contributed by atoms with Crippen molar-refractivity contribution in [1.82, 2.24) is 14.9 Å². The summed E-state index contributed by atoms with van der Waals surface area (Å²) < 4.78 is 0. The molecule has 1 aliphatic heterocycles. The predicted octanol–water partition coefficient (Wildman–Crippen LogP) is 3.18. The maximum atomic E-state index is 12.6. The molecule has 3 rings (SSSR count). The van der Waals surface area contributed by atoms with E-state index in [0.29, 0.717) is 18.9 Å². The first kappa shape index (κ1) is 21.8. The topological polar surface area (TPSA) is 72.1 Å². The number of nitrogens with two attached hydrogens (primary N) is 1. The molecule has 0 aromatic carbocycles. The van der Waals surface area contributed by atoms with Crippen LogP contribution < -0.4 is 5.73 Å². The third kappa shape index (κ3) is 5.38. The van der Waals surface area contributed by atoms with Gasteiger partial charge in [-0.15, -0.1) is 36.2 Å². The van der Waals surface area contributed by atoms with Crippen LogP contribution in [0.3, 0.4) is 0 Å². The molecular formula is C17H24Cl2N4OS. The second kappa shape index (κ2) is 10.1. The van der Waals surface area contributed by atoms with Gasteiger partial charge in [0.25, 0.3) is 0 Å². The summed E-state index contributed by atoms with van der Waals surface area (Å²) in [4.78, 5) is 23.4. The molecule has 25 heavy (non-hydrogen) atoms. The van der Waals surface area contributed by atoms with Gasteiger partial charge in [0, 0.05) is 30.7 Å². The van der Waals surface area contributed by atoms with Crippen LogP contribution in [0.1, 0.15) is 25.5 Å². The molecule has 1 fully saturated rings. The number of likely N-dealkylation sites (tertiary alicyclic amines) is 1. The Bertz CT molecular complexity index is 668. The lowest BCUT2D eigenvalue weighted by Crippen LogP contribution is -2.49. The van der Waals surface area contributed by atoms with Gasteiger partial charge < -0.3 is 10.6 Å². The quantitative estimate of drug-likeness (QED) is 0.851. The van der Waals surface area contributed by atoms with Crippen molar-refractivity contribution in [1.29, 1.82) is 0 Å². The third-order valence-corrected chi connectivity index (χ3v) is 5.25. The van der Waals surface area contributed by atoms with Gasteiger partial charge in [-0.1, -0.05) is 13.0 Å². The van der Waals surface area contributed by atoms with Crippen molar-refractivity contribution >= 4 is 42.1 Å². The predicted molar refractivity (Wildman–Crippen MR) is 106 cm³/mol. The second-order valence-electron chi connectivity index (χ2n) is 6.14. The number of nitrogens with zero attached hydrogens (tertiary/aromatic N) is 3. The lowest BCUT2D eigenvalue weighted by Gasteiger charge is -2.38. The highest BCUT2D eigenvalue weighted by Crippen LogP contribution is 2.24.